The fraction of sp³-hybridized carbons (Fsp3) is 0.333. The van der Waals surface area contributed by atoms with Gasteiger partial charge in [0, 0.05) is 35.3 Å². The number of allylic oxidation sites excluding steroid dienone is 1. The number of carboxylic acid groups (broad SMARTS) is 1. The summed E-state index contributed by atoms with van der Waals surface area (Å²) in [5.74, 6) is -2.30. The zero-order chi connectivity index (χ0) is 16.4. The van der Waals surface area contributed by atoms with Crippen LogP contribution in [-0.4, -0.2) is 24.6 Å². The number of carbonyl (C=O) groups excluding carboxylic acids is 2. The number of benzene rings is 1. The quantitative estimate of drug-likeness (QED) is 0.339. The molecule has 0 aliphatic carbocycles. The molecule has 6 heteroatoms. The summed E-state index contributed by atoms with van der Waals surface area (Å²) < 4.78 is 5.35. The number of aliphatic carboxylic acids is 1. The molecule has 3 aliphatic rings. The average Bonchev–Trinajstić information content (AvgIpc) is 2.75. The monoisotopic (exact) mass is 333 g/mol. The van der Waals surface area contributed by atoms with E-state index in [-0.39, 0.29) is 41.1 Å². The van der Waals surface area contributed by atoms with Crippen molar-refractivity contribution >= 4 is 17.6 Å². The van der Waals surface area contributed by atoms with E-state index in [1.165, 1.54) is 11.6 Å². The maximum absolute atomic E-state index is 11.8. The smallest absolute Gasteiger partial charge is 0.545 e. The molecule has 24 heavy (non-hydrogen) atoms. The Morgan fingerprint density at radius 1 is 1.33 bits per heavy atom. The SMILES string of the molecule is CC1(C)C2=C3C=C(C(=O)[O-])C(=O)OC3CCN2c2ccccc21.[Na+]. The average molecular weight is 333 g/mol. The van der Waals surface area contributed by atoms with E-state index < -0.39 is 17.5 Å². The van der Waals surface area contributed by atoms with Crippen molar-refractivity contribution in [3.63, 3.8) is 0 Å². The first-order valence-corrected chi connectivity index (χ1v) is 7.67. The molecule has 0 saturated heterocycles. The second-order valence-corrected chi connectivity index (χ2v) is 6.63. The molecule has 0 fully saturated rings. The van der Waals surface area contributed by atoms with Crippen molar-refractivity contribution < 1.29 is 49.0 Å². The van der Waals surface area contributed by atoms with Crippen molar-refractivity contribution in [1.29, 1.82) is 0 Å². The summed E-state index contributed by atoms with van der Waals surface area (Å²) in [7, 11) is 0. The first-order valence-electron chi connectivity index (χ1n) is 7.67. The second-order valence-electron chi connectivity index (χ2n) is 6.63. The van der Waals surface area contributed by atoms with Crippen LogP contribution >= 0.6 is 0 Å². The van der Waals surface area contributed by atoms with Gasteiger partial charge < -0.3 is 19.5 Å². The Hall–Kier alpha value is -1.56. The van der Waals surface area contributed by atoms with E-state index in [2.05, 4.69) is 30.9 Å². The van der Waals surface area contributed by atoms with E-state index >= 15 is 0 Å². The molecule has 118 valence electrons. The van der Waals surface area contributed by atoms with Crippen LogP contribution in [-0.2, 0) is 19.7 Å². The Balaban J connectivity index is 0.00000169. The molecule has 0 radical (unpaired) electrons. The third-order valence-corrected chi connectivity index (χ3v) is 4.95. The molecule has 5 nitrogen and oxygen atoms in total. The van der Waals surface area contributed by atoms with Gasteiger partial charge in [0.25, 0.3) is 0 Å². The van der Waals surface area contributed by atoms with Gasteiger partial charge in [-0.05, 0) is 17.7 Å². The minimum Gasteiger partial charge on any atom is -0.545 e. The summed E-state index contributed by atoms with van der Waals surface area (Å²) in [5.41, 5.74) is 3.44. The first-order chi connectivity index (χ1) is 10.9. The molecule has 0 amide bonds. The Labute approximate surface area is 162 Å². The van der Waals surface area contributed by atoms with Crippen LogP contribution in [0.2, 0.25) is 0 Å². The molecular formula is C18H16NNaO4. The number of fused-ring (bicyclic) bond motifs is 4. The number of carboxylic acids is 1. The number of para-hydroxylation sites is 1. The van der Waals surface area contributed by atoms with E-state index in [0.717, 1.165) is 23.5 Å². The third kappa shape index (κ3) is 2.26. The molecule has 3 aliphatic heterocycles. The second kappa shape index (κ2) is 5.76. The predicted octanol–water partition coefficient (Wildman–Crippen LogP) is -1.95. The molecule has 0 spiro atoms. The van der Waals surface area contributed by atoms with Crippen LogP contribution < -0.4 is 39.6 Å². The first kappa shape index (κ1) is 17.3. The Kier molecular flexibility index (Phi) is 4.14. The number of rotatable bonds is 1. The van der Waals surface area contributed by atoms with Crippen LogP contribution in [0.3, 0.4) is 0 Å². The molecule has 1 aromatic carbocycles. The maximum Gasteiger partial charge on any atom is 1.00 e. The summed E-state index contributed by atoms with van der Waals surface area (Å²) in [6, 6.07) is 8.17. The number of nitrogens with zero attached hydrogens (tertiary/aromatic N) is 1. The van der Waals surface area contributed by atoms with Crippen LogP contribution in [0.1, 0.15) is 25.8 Å². The fourth-order valence-electron chi connectivity index (χ4n) is 3.96. The van der Waals surface area contributed by atoms with Crippen molar-refractivity contribution in [2.75, 3.05) is 11.4 Å². The summed E-state index contributed by atoms with van der Waals surface area (Å²) >= 11 is 0. The van der Waals surface area contributed by atoms with Gasteiger partial charge in [0.1, 0.15) is 6.10 Å². The van der Waals surface area contributed by atoms with Crippen molar-refractivity contribution in [2.45, 2.75) is 31.8 Å². The van der Waals surface area contributed by atoms with Gasteiger partial charge in [-0.1, -0.05) is 32.0 Å². The van der Waals surface area contributed by atoms with Crippen LogP contribution in [0.25, 0.3) is 0 Å². The molecular weight excluding hydrogens is 317 g/mol. The zero-order valence-electron chi connectivity index (χ0n) is 14.0. The van der Waals surface area contributed by atoms with E-state index in [0.29, 0.717) is 6.42 Å². The Bertz CT molecular complexity index is 809. The van der Waals surface area contributed by atoms with Crippen molar-refractivity contribution in [3.05, 3.63) is 52.7 Å². The van der Waals surface area contributed by atoms with Gasteiger partial charge in [0.15, 0.2) is 0 Å². The number of esters is 1. The van der Waals surface area contributed by atoms with Gasteiger partial charge in [-0.3, -0.25) is 0 Å². The number of anilines is 1. The van der Waals surface area contributed by atoms with E-state index in [4.69, 9.17) is 4.74 Å². The molecule has 4 rings (SSSR count). The van der Waals surface area contributed by atoms with Crippen LogP contribution in [0.5, 0.6) is 0 Å². The number of ether oxygens (including phenoxy) is 1. The van der Waals surface area contributed by atoms with E-state index in [1.54, 1.807) is 0 Å². The number of hydrogen-bond acceptors (Lipinski definition) is 5. The van der Waals surface area contributed by atoms with Crippen LogP contribution in [0.4, 0.5) is 5.69 Å². The Morgan fingerprint density at radius 3 is 2.75 bits per heavy atom. The molecule has 0 aromatic heterocycles. The number of carbonyl (C=O) groups is 2. The van der Waals surface area contributed by atoms with E-state index in [9.17, 15) is 14.7 Å². The molecule has 0 saturated carbocycles. The normalized spacial score (nSPS) is 23.4. The topological polar surface area (TPSA) is 69.7 Å². The largest absolute Gasteiger partial charge is 1.00 e. The summed E-state index contributed by atoms with van der Waals surface area (Å²) in [6.45, 7) is 4.96. The molecule has 3 heterocycles. The van der Waals surface area contributed by atoms with Crippen molar-refractivity contribution in [1.82, 2.24) is 0 Å². The Morgan fingerprint density at radius 2 is 2.04 bits per heavy atom. The fourth-order valence-corrected chi connectivity index (χ4v) is 3.96. The maximum atomic E-state index is 11.8. The molecule has 1 atom stereocenters. The molecule has 0 N–H and O–H groups in total. The van der Waals surface area contributed by atoms with Gasteiger partial charge in [-0.15, -0.1) is 0 Å². The third-order valence-electron chi connectivity index (χ3n) is 4.95. The van der Waals surface area contributed by atoms with Gasteiger partial charge in [-0.2, -0.15) is 0 Å². The van der Waals surface area contributed by atoms with Gasteiger partial charge in [0.05, 0.1) is 11.5 Å². The van der Waals surface area contributed by atoms with Gasteiger partial charge in [-0.25, -0.2) is 4.79 Å². The van der Waals surface area contributed by atoms with Crippen molar-refractivity contribution in [3.8, 4) is 0 Å². The summed E-state index contributed by atoms with van der Waals surface area (Å²) in [6.07, 6.45) is 1.71. The van der Waals surface area contributed by atoms with Crippen LogP contribution in [0.15, 0.2) is 47.2 Å². The van der Waals surface area contributed by atoms with E-state index in [1.807, 2.05) is 12.1 Å². The predicted molar refractivity (Wildman–Crippen MR) is 81.4 cm³/mol. The standard InChI is InChI=1S/C18H17NO4.Na/c1-18(2)12-5-3-4-6-13(12)19-8-7-14-10(15(18)19)9-11(16(20)21)17(22)23-14;/h3-6,9,14H,7-8H2,1-2H3,(H,20,21);/q;+1/p-1. The molecule has 1 aromatic rings. The number of hydrogen-bond donors (Lipinski definition) is 0. The summed E-state index contributed by atoms with van der Waals surface area (Å²) in [4.78, 5) is 25.2. The zero-order valence-corrected chi connectivity index (χ0v) is 16.0. The summed E-state index contributed by atoms with van der Waals surface area (Å²) in [5, 5.41) is 11.2. The minimum atomic E-state index is -1.49. The minimum absolute atomic E-state index is 0. The van der Waals surface area contributed by atoms with Gasteiger partial charge in [0.2, 0.25) is 0 Å². The van der Waals surface area contributed by atoms with Crippen molar-refractivity contribution in [2.24, 2.45) is 0 Å². The molecule has 0 bridgehead atoms. The van der Waals surface area contributed by atoms with Gasteiger partial charge >= 0.3 is 35.5 Å². The molecule has 1 unspecified atom stereocenters. The van der Waals surface area contributed by atoms with Crippen LogP contribution in [0, 0.1) is 0 Å².